The minimum Gasteiger partial charge on any atom is -0.461 e. The van der Waals surface area contributed by atoms with E-state index in [0.29, 0.717) is 24.0 Å². The number of furan rings is 1. The summed E-state index contributed by atoms with van der Waals surface area (Å²) < 4.78 is 10.4. The fourth-order valence-corrected chi connectivity index (χ4v) is 1.77. The Hall–Kier alpha value is -2.56. The van der Waals surface area contributed by atoms with Gasteiger partial charge in [-0.15, -0.1) is 0 Å². The Morgan fingerprint density at radius 3 is 2.95 bits per heavy atom. The molecule has 19 heavy (non-hydrogen) atoms. The van der Waals surface area contributed by atoms with Crippen molar-refractivity contribution >= 4 is 5.69 Å². The lowest BCUT2D eigenvalue weighted by molar-refractivity contribution is 0.382. The van der Waals surface area contributed by atoms with Crippen molar-refractivity contribution in [3.05, 3.63) is 54.1 Å². The van der Waals surface area contributed by atoms with E-state index in [1.165, 1.54) is 5.56 Å². The van der Waals surface area contributed by atoms with Gasteiger partial charge in [-0.25, -0.2) is 0 Å². The summed E-state index contributed by atoms with van der Waals surface area (Å²) in [6, 6.07) is 11.7. The largest absolute Gasteiger partial charge is 0.461 e. The van der Waals surface area contributed by atoms with E-state index in [1.807, 2.05) is 25.1 Å². The van der Waals surface area contributed by atoms with Crippen molar-refractivity contribution in [1.29, 1.82) is 0 Å². The molecule has 5 nitrogen and oxygen atoms in total. The van der Waals surface area contributed by atoms with Gasteiger partial charge in [0.05, 0.1) is 12.8 Å². The Kier molecular flexibility index (Phi) is 3.02. The van der Waals surface area contributed by atoms with Crippen molar-refractivity contribution in [2.45, 2.75) is 13.5 Å². The topological polar surface area (TPSA) is 64.1 Å². The third kappa shape index (κ3) is 2.65. The van der Waals surface area contributed by atoms with Crippen LogP contribution in [0.2, 0.25) is 0 Å². The molecule has 2 heterocycles. The third-order valence-electron chi connectivity index (χ3n) is 2.67. The van der Waals surface area contributed by atoms with Gasteiger partial charge in [0.1, 0.15) is 0 Å². The number of hydrogen-bond donors (Lipinski definition) is 1. The molecule has 0 bridgehead atoms. The Labute approximate surface area is 110 Å². The molecular formula is C14H13N3O2. The number of nitrogens with one attached hydrogen (secondary N) is 1. The van der Waals surface area contributed by atoms with Crippen molar-refractivity contribution in [1.82, 2.24) is 10.1 Å². The van der Waals surface area contributed by atoms with Gasteiger partial charge in [0, 0.05) is 5.69 Å². The number of rotatable bonds is 4. The first-order valence-electron chi connectivity index (χ1n) is 5.98. The zero-order chi connectivity index (χ0) is 13.1. The van der Waals surface area contributed by atoms with Crippen LogP contribution in [0, 0.1) is 6.92 Å². The van der Waals surface area contributed by atoms with Crippen LogP contribution in [0.1, 0.15) is 11.5 Å². The van der Waals surface area contributed by atoms with Crippen LogP contribution in [0.4, 0.5) is 5.69 Å². The van der Waals surface area contributed by atoms with E-state index in [0.717, 1.165) is 5.69 Å². The molecule has 0 radical (unpaired) electrons. The lowest BCUT2D eigenvalue weighted by Gasteiger charge is -2.03. The predicted octanol–water partition coefficient (Wildman–Crippen LogP) is 3.25. The van der Waals surface area contributed by atoms with E-state index in [4.69, 9.17) is 8.94 Å². The van der Waals surface area contributed by atoms with Gasteiger partial charge in [-0.3, -0.25) is 0 Å². The summed E-state index contributed by atoms with van der Waals surface area (Å²) in [6.45, 7) is 2.53. The van der Waals surface area contributed by atoms with Crippen LogP contribution < -0.4 is 5.32 Å². The van der Waals surface area contributed by atoms with E-state index in [9.17, 15) is 0 Å². The zero-order valence-corrected chi connectivity index (χ0v) is 10.5. The maximum absolute atomic E-state index is 5.21. The van der Waals surface area contributed by atoms with Gasteiger partial charge in [-0.2, -0.15) is 4.98 Å². The normalized spacial score (nSPS) is 10.6. The standard InChI is InChI=1S/C14H13N3O2/c1-10-4-2-5-11(8-10)15-9-13-16-14(17-19-13)12-6-3-7-18-12/h2-8,15H,9H2,1H3. The molecule has 0 saturated heterocycles. The van der Waals surface area contributed by atoms with Crippen molar-refractivity contribution in [3.63, 3.8) is 0 Å². The smallest absolute Gasteiger partial charge is 0.246 e. The second-order valence-electron chi connectivity index (χ2n) is 4.21. The fraction of sp³-hybridized carbons (Fsp3) is 0.143. The van der Waals surface area contributed by atoms with Crippen LogP contribution in [0.5, 0.6) is 0 Å². The van der Waals surface area contributed by atoms with Gasteiger partial charge in [-0.1, -0.05) is 17.3 Å². The van der Waals surface area contributed by atoms with E-state index < -0.39 is 0 Å². The fourth-order valence-electron chi connectivity index (χ4n) is 1.77. The zero-order valence-electron chi connectivity index (χ0n) is 10.5. The summed E-state index contributed by atoms with van der Waals surface area (Å²) in [4.78, 5) is 4.26. The third-order valence-corrected chi connectivity index (χ3v) is 2.67. The SMILES string of the molecule is Cc1cccc(NCc2nc(-c3ccco3)no2)c1. The number of benzene rings is 1. The molecule has 0 unspecified atom stereocenters. The molecule has 0 amide bonds. The van der Waals surface area contributed by atoms with E-state index >= 15 is 0 Å². The highest BCUT2D eigenvalue weighted by Gasteiger charge is 2.10. The van der Waals surface area contributed by atoms with Gasteiger partial charge in [0.25, 0.3) is 0 Å². The average Bonchev–Trinajstić information content (AvgIpc) is 3.07. The first-order chi connectivity index (χ1) is 9.31. The number of aromatic nitrogens is 2. The van der Waals surface area contributed by atoms with Gasteiger partial charge in [-0.05, 0) is 36.8 Å². The van der Waals surface area contributed by atoms with Gasteiger partial charge < -0.3 is 14.3 Å². The lowest BCUT2D eigenvalue weighted by Crippen LogP contribution is -1.99. The molecule has 0 aliphatic rings. The molecule has 0 spiro atoms. The summed E-state index contributed by atoms with van der Waals surface area (Å²) in [6.07, 6.45) is 1.58. The van der Waals surface area contributed by atoms with E-state index in [-0.39, 0.29) is 0 Å². The number of hydrogen-bond acceptors (Lipinski definition) is 5. The highest BCUT2D eigenvalue weighted by Crippen LogP contribution is 2.16. The molecule has 1 aromatic carbocycles. The highest BCUT2D eigenvalue weighted by molar-refractivity contribution is 5.46. The summed E-state index contributed by atoms with van der Waals surface area (Å²) in [5.41, 5.74) is 2.23. The van der Waals surface area contributed by atoms with Gasteiger partial charge in [0.2, 0.25) is 11.7 Å². The first kappa shape index (κ1) is 11.5. The maximum atomic E-state index is 5.21. The molecule has 3 rings (SSSR count). The molecule has 0 fully saturated rings. The minimum atomic E-state index is 0.464. The average molecular weight is 255 g/mol. The van der Waals surface area contributed by atoms with Gasteiger partial charge in [0.15, 0.2) is 5.76 Å². The molecule has 0 atom stereocenters. The van der Waals surface area contributed by atoms with Crippen LogP contribution in [0.25, 0.3) is 11.6 Å². The first-order valence-corrected chi connectivity index (χ1v) is 5.98. The molecule has 0 aliphatic carbocycles. The Morgan fingerprint density at radius 2 is 2.16 bits per heavy atom. The Bertz CT molecular complexity index is 659. The molecular weight excluding hydrogens is 242 g/mol. The second kappa shape index (κ2) is 4.97. The summed E-state index contributed by atoms with van der Waals surface area (Å²) in [5, 5.41) is 7.10. The number of nitrogens with zero attached hydrogens (tertiary/aromatic N) is 2. The monoisotopic (exact) mass is 255 g/mol. The number of anilines is 1. The predicted molar refractivity (Wildman–Crippen MR) is 70.5 cm³/mol. The van der Waals surface area contributed by atoms with Gasteiger partial charge >= 0.3 is 0 Å². The van der Waals surface area contributed by atoms with Crippen LogP contribution in [-0.4, -0.2) is 10.1 Å². The maximum Gasteiger partial charge on any atom is 0.246 e. The molecule has 96 valence electrons. The summed E-state index contributed by atoms with van der Waals surface area (Å²) in [5.74, 6) is 1.59. The number of aryl methyl sites for hydroxylation is 1. The van der Waals surface area contributed by atoms with Crippen LogP contribution >= 0.6 is 0 Å². The summed E-state index contributed by atoms with van der Waals surface area (Å²) in [7, 11) is 0. The van der Waals surface area contributed by atoms with Crippen molar-refractivity contribution in [3.8, 4) is 11.6 Å². The van der Waals surface area contributed by atoms with Crippen LogP contribution in [0.3, 0.4) is 0 Å². The van der Waals surface area contributed by atoms with Crippen molar-refractivity contribution < 1.29 is 8.94 Å². The van der Waals surface area contributed by atoms with E-state index in [2.05, 4.69) is 21.5 Å². The molecule has 2 aromatic heterocycles. The molecule has 0 saturated carbocycles. The lowest BCUT2D eigenvalue weighted by atomic mass is 10.2. The van der Waals surface area contributed by atoms with Crippen molar-refractivity contribution in [2.24, 2.45) is 0 Å². The minimum absolute atomic E-state index is 0.464. The Morgan fingerprint density at radius 1 is 1.21 bits per heavy atom. The van der Waals surface area contributed by atoms with Crippen LogP contribution in [-0.2, 0) is 6.54 Å². The Balaban J connectivity index is 1.68. The molecule has 5 heteroatoms. The highest BCUT2D eigenvalue weighted by atomic mass is 16.5. The second-order valence-corrected chi connectivity index (χ2v) is 4.21. The molecule has 0 aliphatic heterocycles. The summed E-state index contributed by atoms with van der Waals surface area (Å²) >= 11 is 0. The quantitative estimate of drug-likeness (QED) is 0.775. The molecule has 1 N–H and O–H groups in total. The van der Waals surface area contributed by atoms with Crippen molar-refractivity contribution in [2.75, 3.05) is 5.32 Å². The van der Waals surface area contributed by atoms with E-state index in [1.54, 1.807) is 18.4 Å². The van der Waals surface area contributed by atoms with Crippen LogP contribution in [0.15, 0.2) is 51.6 Å². The molecule has 3 aromatic rings.